The van der Waals surface area contributed by atoms with Crippen LogP contribution in [0.15, 0.2) is 23.1 Å². The van der Waals surface area contributed by atoms with E-state index in [0.717, 1.165) is 6.07 Å². The summed E-state index contributed by atoms with van der Waals surface area (Å²) >= 11 is 0. The molecule has 0 saturated carbocycles. The van der Waals surface area contributed by atoms with Gasteiger partial charge in [-0.1, -0.05) is 17.5 Å². The summed E-state index contributed by atoms with van der Waals surface area (Å²) < 4.78 is 24.6. The first-order valence-corrected chi connectivity index (χ1v) is 6.67. The van der Waals surface area contributed by atoms with Crippen molar-refractivity contribution in [2.24, 2.45) is 0 Å². The number of hydrogen-bond donors (Lipinski definition) is 1. The summed E-state index contributed by atoms with van der Waals surface area (Å²) in [6, 6.07) is 4.02. The summed E-state index contributed by atoms with van der Waals surface area (Å²) in [4.78, 5) is 15.6. The highest BCUT2D eigenvalue weighted by Crippen LogP contribution is 2.19. The lowest BCUT2D eigenvalue weighted by atomic mass is 10.1. The highest BCUT2D eigenvalue weighted by Gasteiger charge is 2.23. The first-order valence-electron chi connectivity index (χ1n) is 5.23. The number of sulfonamides is 1. The van der Waals surface area contributed by atoms with Crippen molar-refractivity contribution in [1.82, 2.24) is 4.47 Å². The average Bonchev–Trinajstić information content (AvgIpc) is 2.36. The molecule has 0 fully saturated rings. The van der Waals surface area contributed by atoms with Crippen LogP contribution < -0.4 is 0 Å². The van der Waals surface area contributed by atoms with Gasteiger partial charge in [0, 0.05) is 7.05 Å². The molecule has 1 rings (SSSR count). The van der Waals surface area contributed by atoms with Gasteiger partial charge in [0.1, 0.15) is 0 Å². The molecule has 0 saturated heterocycles. The van der Waals surface area contributed by atoms with Crippen molar-refractivity contribution >= 4 is 16.0 Å². The number of hydrogen-bond acceptors (Lipinski definition) is 4. The first kappa shape index (κ1) is 14.6. The van der Waals surface area contributed by atoms with Crippen molar-refractivity contribution in [1.29, 1.82) is 0 Å². The zero-order valence-electron chi connectivity index (χ0n) is 10.4. The molecule has 0 heterocycles. The monoisotopic (exact) mass is 273 g/mol. The lowest BCUT2D eigenvalue weighted by molar-refractivity contribution is -0.0258. The van der Waals surface area contributed by atoms with E-state index in [-0.39, 0.29) is 10.5 Å². The van der Waals surface area contributed by atoms with Crippen LogP contribution in [0, 0.1) is 0 Å². The SMILES string of the molecule is CCc1ccc(S(=O)(=O)N(C)OC)cc1C(=O)O. The zero-order valence-corrected chi connectivity index (χ0v) is 11.2. The van der Waals surface area contributed by atoms with Crippen LogP contribution in [0.2, 0.25) is 0 Å². The van der Waals surface area contributed by atoms with E-state index in [1.54, 1.807) is 6.92 Å². The Kier molecular flexibility index (Phi) is 4.44. The van der Waals surface area contributed by atoms with Crippen molar-refractivity contribution in [3.63, 3.8) is 0 Å². The van der Waals surface area contributed by atoms with Gasteiger partial charge in [-0.2, -0.15) is 0 Å². The molecule has 0 unspecified atom stereocenters. The van der Waals surface area contributed by atoms with Crippen LogP contribution in [0.25, 0.3) is 0 Å². The summed E-state index contributed by atoms with van der Waals surface area (Å²) in [5.41, 5.74) is 0.574. The Morgan fingerprint density at radius 1 is 1.44 bits per heavy atom. The van der Waals surface area contributed by atoms with Gasteiger partial charge in [-0.3, -0.25) is 4.84 Å². The second-order valence-corrected chi connectivity index (χ2v) is 5.51. The molecule has 0 aliphatic heterocycles. The summed E-state index contributed by atoms with van der Waals surface area (Å²) in [7, 11) is -1.36. The summed E-state index contributed by atoms with van der Waals surface area (Å²) in [5.74, 6) is -1.15. The maximum absolute atomic E-state index is 11.9. The second kappa shape index (κ2) is 5.47. The minimum absolute atomic E-state index is 0.0110. The van der Waals surface area contributed by atoms with E-state index in [1.165, 1.54) is 26.3 Å². The smallest absolute Gasteiger partial charge is 0.336 e. The molecule has 0 aromatic heterocycles. The predicted octanol–water partition coefficient (Wildman–Crippen LogP) is 1.13. The molecule has 6 nitrogen and oxygen atoms in total. The first-order chi connectivity index (χ1) is 8.34. The Balaban J connectivity index is 3.37. The molecule has 0 amide bonds. The molecule has 7 heteroatoms. The van der Waals surface area contributed by atoms with E-state index >= 15 is 0 Å². The maximum Gasteiger partial charge on any atom is 0.336 e. The average molecular weight is 273 g/mol. The Labute approximate surface area is 106 Å². The molecule has 18 heavy (non-hydrogen) atoms. The van der Waals surface area contributed by atoms with E-state index in [4.69, 9.17) is 5.11 Å². The van der Waals surface area contributed by atoms with Crippen LogP contribution in [-0.2, 0) is 21.3 Å². The summed E-state index contributed by atoms with van der Waals surface area (Å²) in [6.45, 7) is 1.80. The van der Waals surface area contributed by atoms with Crippen LogP contribution in [0.5, 0.6) is 0 Å². The Bertz CT molecular complexity index is 553. The third-order valence-electron chi connectivity index (χ3n) is 2.59. The molecule has 0 radical (unpaired) electrons. The molecular weight excluding hydrogens is 258 g/mol. The van der Waals surface area contributed by atoms with Gasteiger partial charge in [0.2, 0.25) is 0 Å². The second-order valence-electron chi connectivity index (χ2n) is 3.57. The van der Waals surface area contributed by atoms with Crippen molar-refractivity contribution in [3.05, 3.63) is 29.3 Å². The fourth-order valence-electron chi connectivity index (χ4n) is 1.47. The highest BCUT2D eigenvalue weighted by atomic mass is 32.2. The molecule has 0 bridgehead atoms. The van der Waals surface area contributed by atoms with E-state index < -0.39 is 16.0 Å². The Morgan fingerprint density at radius 2 is 2.06 bits per heavy atom. The van der Waals surface area contributed by atoms with Crippen molar-refractivity contribution in [3.8, 4) is 0 Å². The molecule has 0 atom stereocenters. The minimum Gasteiger partial charge on any atom is -0.478 e. The van der Waals surface area contributed by atoms with Gasteiger partial charge >= 0.3 is 5.97 Å². The van der Waals surface area contributed by atoms with Gasteiger partial charge in [0.15, 0.2) is 0 Å². The van der Waals surface area contributed by atoms with Gasteiger partial charge in [-0.15, -0.1) is 0 Å². The number of benzene rings is 1. The quantitative estimate of drug-likeness (QED) is 0.813. The lowest BCUT2D eigenvalue weighted by Crippen LogP contribution is -2.26. The fourth-order valence-corrected chi connectivity index (χ4v) is 2.47. The highest BCUT2D eigenvalue weighted by molar-refractivity contribution is 7.89. The number of hydroxylamine groups is 1. The van der Waals surface area contributed by atoms with E-state index in [9.17, 15) is 13.2 Å². The van der Waals surface area contributed by atoms with Gasteiger partial charge in [0.25, 0.3) is 10.0 Å². The molecule has 0 aliphatic carbocycles. The zero-order chi connectivity index (χ0) is 13.9. The number of aryl methyl sites for hydroxylation is 1. The van der Waals surface area contributed by atoms with E-state index in [1.807, 2.05) is 0 Å². The van der Waals surface area contributed by atoms with Gasteiger partial charge < -0.3 is 5.11 Å². The molecule has 1 aromatic rings. The Morgan fingerprint density at radius 3 is 2.50 bits per heavy atom. The number of carbonyl (C=O) groups is 1. The maximum atomic E-state index is 11.9. The van der Waals surface area contributed by atoms with E-state index in [0.29, 0.717) is 16.5 Å². The predicted molar refractivity (Wildman–Crippen MR) is 64.7 cm³/mol. The van der Waals surface area contributed by atoms with Crippen molar-refractivity contribution in [2.45, 2.75) is 18.2 Å². The summed E-state index contributed by atoms with van der Waals surface area (Å²) in [5, 5.41) is 9.04. The molecule has 0 spiro atoms. The molecule has 0 aliphatic rings. The number of nitrogens with zero attached hydrogens (tertiary/aromatic N) is 1. The van der Waals surface area contributed by atoms with Crippen molar-refractivity contribution < 1.29 is 23.2 Å². The van der Waals surface area contributed by atoms with Crippen LogP contribution in [0.4, 0.5) is 0 Å². The van der Waals surface area contributed by atoms with Gasteiger partial charge in [-0.25, -0.2) is 13.2 Å². The van der Waals surface area contributed by atoms with Crippen LogP contribution in [0.3, 0.4) is 0 Å². The number of aromatic carboxylic acids is 1. The largest absolute Gasteiger partial charge is 0.478 e. The number of rotatable bonds is 5. The van der Waals surface area contributed by atoms with Crippen LogP contribution in [-0.4, -0.2) is 38.1 Å². The number of carboxylic acid groups (broad SMARTS) is 1. The third kappa shape index (κ3) is 2.69. The molecule has 100 valence electrons. The van der Waals surface area contributed by atoms with Crippen LogP contribution in [0.1, 0.15) is 22.8 Å². The van der Waals surface area contributed by atoms with Gasteiger partial charge in [0.05, 0.1) is 17.6 Å². The normalized spacial score (nSPS) is 11.8. The standard InChI is InChI=1S/C11H15NO5S/c1-4-8-5-6-9(7-10(8)11(13)14)18(15,16)12(2)17-3/h5-7H,4H2,1-3H3,(H,13,14). The minimum atomic E-state index is -3.82. The van der Waals surface area contributed by atoms with Crippen LogP contribution >= 0.6 is 0 Å². The fraction of sp³-hybridized carbons (Fsp3) is 0.364. The lowest BCUT2D eigenvalue weighted by Gasteiger charge is -2.15. The third-order valence-corrected chi connectivity index (χ3v) is 4.26. The molecule has 1 aromatic carbocycles. The number of carboxylic acids is 1. The van der Waals surface area contributed by atoms with E-state index in [2.05, 4.69) is 4.84 Å². The Hall–Kier alpha value is -1.44. The van der Waals surface area contributed by atoms with Crippen molar-refractivity contribution in [2.75, 3.05) is 14.2 Å². The molecular formula is C11H15NO5S. The van der Waals surface area contributed by atoms with Gasteiger partial charge in [-0.05, 0) is 24.1 Å². The molecule has 1 N–H and O–H groups in total. The topological polar surface area (TPSA) is 83.9 Å². The summed E-state index contributed by atoms with van der Waals surface area (Å²) in [6.07, 6.45) is 0.516.